The van der Waals surface area contributed by atoms with Crippen molar-refractivity contribution in [2.45, 2.75) is 26.3 Å². The molecule has 0 radical (unpaired) electrons. The predicted octanol–water partition coefficient (Wildman–Crippen LogP) is 1.50. The summed E-state index contributed by atoms with van der Waals surface area (Å²) in [6, 6.07) is 6.14. The van der Waals surface area contributed by atoms with Gasteiger partial charge in [0.15, 0.2) is 0 Å². The molecule has 1 rings (SSSR count). The van der Waals surface area contributed by atoms with E-state index in [9.17, 15) is 14.9 Å². The van der Waals surface area contributed by atoms with Crippen molar-refractivity contribution < 1.29 is 9.72 Å². The number of benzene rings is 1. The normalized spacial score (nSPS) is 12.0. The van der Waals surface area contributed by atoms with Crippen LogP contribution in [0.1, 0.15) is 20.3 Å². The summed E-state index contributed by atoms with van der Waals surface area (Å²) in [6.07, 6.45) is 0.799. The Bertz CT molecular complexity index is 491. The molecule has 0 bridgehead atoms. The van der Waals surface area contributed by atoms with Gasteiger partial charge in [0.05, 0.1) is 11.5 Å². The Labute approximate surface area is 124 Å². The molecule has 1 atom stereocenters. The van der Waals surface area contributed by atoms with E-state index in [1.54, 1.807) is 18.2 Å². The number of nitrogens with two attached hydrogens (primary N) is 1. The Morgan fingerprint density at radius 3 is 2.62 bits per heavy atom. The maximum Gasteiger partial charge on any atom is 0.292 e. The number of amides is 1. The van der Waals surface area contributed by atoms with Gasteiger partial charge in [0.1, 0.15) is 5.69 Å². The van der Waals surface area contributed by atoms with Crippen molar-refractivity contribution >= 4 is 17.3 Å². The molecule has 0 saturated carbocycles. The van der Waals surface area contributed by atoms with Crippen molar-refractivity contribution in [3.63, 3.8) is 0 Å². The zero-order valence-electron chi connectivity index (χ0n) is 12.3. The summed E-state index contributed by atoms with van der Waals surface area (Å²) < 4.78 is 0. The first-order valence-electron chi connectivity index (χ1n) is 6.90. The second-order valence-corrected chi connectivity index (χ2v) is 5.26. The first-order chi connectivity index (χ1) is 9.93. The third-order valence-corrected chi connectivity index (χ3v) is 2.95. The van der Waals surface area contributed by atoms with Gasteiger partial charge in [-0.25, -0.2) is 0 Å². The molecule has 1 amide bonds. The van der Waals surface area contributed by atoms with Crippen LogP contribution < -0.4 is 16.4 Å². The summed E-state index contributed by atoms with van der Waals surface area (Å²) in [5.41, 5.74) is 5.89. The monoisotopic (exact) mass is 294 g/mol. The Morgan fingerprint density at radius 1 is 1.38 bits per heavy atom. The highest BCUT2D eigenvalue weighted by Gasteiger charge is 2.15. The van der Waals surface area contributed by atoms with Crippen molar-refractivity contribution in [3.05, 3.63) is 34.4 Å². The van der Waals surface area contributed by atoms with E-state index in [2.05, 4.69) is 24.5 Å². The molecule has 0 aromatic heterocycles. The third kappa shape index (κ3) is 5.78. The smallest absolute Gasteiger partial charge is 0.292 e. The topological polar surface area (TPSA) is 110 Å². The molecule has 1 aromatic carbocycles. The second-order valence-electron chi connectivity index (χ2n) is 5.26. The Balaban J connectivity index is 2.55. The lowest BCUT2D eigenvalue weighted by molar-refractivity contribution is -0.383. The highest BCUT2D eigenvalue weighted by molar-refractivity contribution is 5.81. The first-order valence-corrected chi connectivity index (χ1v) is 6.90. The van der Waals surface area contributed by atoms with E-state index in [-0.39, 0.29) is 24.2 Å². The predicted molar refractivity (Wildman–Crippen MR) is 82.0 cm³/mol. The Morgan fingerprint density at radius 2 is 2.05 bits per heavy atom. The molecule has 1 unspecified atom stereocenters. The van der Waals surface area contributed by atoms with Crippen LogP contribution >= 0.6 is 0 Å². The average molecular weight is 294 g/mol. The Hall–Kier alpha value is -2.15. The van der Waals surface area contributed by atoms with Crippen LogP contribution in [0.4, 0.5) is 11.4 Å². The lowest BCUT2D eigenvalue weighted by Gasteiger charge is -2.19. The fourth-order valence-electron chi connectivity index (χ4n) is 2.02. The summed E-state index contributed by atoms with van der Waals surface area (Å²) in [5, 5.41) is 16.5. The minimum atomic E-state index is -0.484. The standard InChI is InChI=1S/C14H22N4O3/c1-10(2)7-11(8-15)17-14(19)9-16-12-5-3-4-6-13(12)18(20)21/h3-6,10-11,16H,7-9,15H2,1-2H3,(H,17,19). The third-order valence-electron chi connectivity index (χ3n) is 2.95. The summed E-state index contributed by atoms with van der Waals surface area (Å²) >= 11 is 0. The molecular weight excluding hydrogens is 272 g/mol. The first kappa shape index (κ1) is 16.9. The largest absolute Gasteiger partial charge is 0.371 e. The summed E-state index contributed by atoms with van der Waals surface area (Å²) in [4.78, 5) is 22.2. The maximum absolute atomic E-state index is 11.8. The molecule has 0 fully saturated rings. The molecule has 0 saturated heterocycles. The number of nitrogens with one attached hydrogen (secondary N) is 2. The number of anilines is 1. The maximum atomic E-state index is 11.8. The van der Waals surface area contributed by atoms with E-state index in [0.717, 1.165) is 6.42 Å². The van der Waals surface area contributed by atoms with E-state index in [1.807, 2.05) is 0 Å². The number of nitrogens with zero attached hydrogens (tertiary/aromatic N) is 1. The van der Waals surface area contributed by atoms with E-state index in [1.165, 1.54) is 6.07 Å². The molecular formula is C14H22N4O3. The van der Waals surface area contributed by atoms with Gasteiger partial charge in [-0.05, 0) is 18.4 Å². The van der Waals surface area contributed by atoms with Crippen LogP contribution in [0.3, 0.4) is 0 Å². The SMILES string of the molecule is CC(C)CC(CN)NC(=O)CNc1ccccc1[N+](=O)[O-]. The number of rotatable bonds is 8. The summed E-state index contributed by atoms with van der Waals surface area (Å²) in [6.45, 7) is 4.45. The molecule has 4 N–H and O–H groups in total. The van der Waals surface area contributed by atoms with Gasteiger partial charge in [-0.2, -0.15) is 0 Å². The fraction of sp³-hybridized carbons (Fsp3) is 0.500. The summed E-state index contributed by atoms with van der Waals surface area (Å²) in [7, 11) is 0. The van der Waals surface area contributed by atoms with Crippen LogP contribution in [0.25, 0.3) is 0 Å². The van der Waals surface area contributed by atoms with Crippen molar-refractivity contribution in [3.8, 4) is 0 Å². The number of carbonyl (C=O) groups is 1. The average Bonchev–Trinajstić information content (AvgIpc) is 2.44. The highest BCUT2D eigenvalue weighted by Crippen LogP contribution is 2.22. The van der Waals surface area contributed by atoms with Crippen molar-refractivity contribution in [1.29, 1.82) is 0 Å². The van der Waals surface area contributed by atoms with Crippen molar-refractivity contribution in [1.82, 2.24) is 5.32 Å². The van der Waals surface area contributed by atoms with Gasteiger partial charge in [0, 0.05) is 18.7 Å². The zero-order valence-corrected chi connectivity index (χ0v) is 12.3. The quantitative estimate of drug-likeness (QED) is 0.497. The number of nitro benzene ring substituents is 1. The van der Waals surface area contributed by atoms with Gasteiger partial charge in [0.25, 0.3) is 5.69 Å². The van der Waals surface area contributed by atoms with E-state index in [0.29, 0.717) is 18.2 Å². The highest BCUT2D eigenvalue weighted by atomic mass is 16.6. The summed E-state index contributed by atoms with van der Waals surface area (Å²) in [5.74, 6) is 0.200. The Kier molecular flexibility index (Phi) is 6.61. The molecule has 0 aliphatic heterocycles. The number of hydrogen-bond acceptors (Lipinski definition) is 5. The van der Waals surface area contributed by atoms with E-state index in [4.69, 9.17) is 5.73 Å². The van der Waals surface area contributed by atoms with Gasteiger partial charge in [0.2, 0.25) is 5.91 Å². The minimum Gasteiger partial charge on any atom is -0.371 e. The molecule has 0 aliphatic rings. The van der Waals surface area contributed by atoms with Gasteiger partial charge < -0.3 is 16.4 Å². The minimum absolute atomic E-state index is 0.0283. The van der Waals surface area contributed by atoms with E-state index < -0.39 is 4.92 Å². The molecule has 0 heterocycles. The van der Waals surface area contributed by atoms with Crippen LogP contribution in [0.2, 0.25) is 0 Å². The van der Waals surface area contributed by atoms with Gasteiger partial charge in [-0.3, -0.25) is 14.9 Å². The van der Waals surface area contributed by atoms with Crippen LogP contribution in [0, 0.1) is 16.0 Å². The molecule has 7 heteroatoms. The fourth-order valence-corrected chi connectivity index (χ4v) is 2.02. The molecule has 0 spiro atoms. The molecule has 116 valence electrons. The van der Waals surface area contributed by atoms with Gasteiger partial charge >= 0.3 is 0 Å². The van der Waals surface area contributed by atoms with E-state index >= 15 is 0 Å². The molecule has 1 aromatic rings. The van der Waals surface area contributed by atoms with Gasteiger partial charge in [-0.15, -0.1) is 0 Å². The van der Waals surface area contributed by atoms with Crippen LogP contribution in [0.5, 0.6) is 0 Å². The molecule has 21 heavy (non-hydrogen) atoms. The lowest BCUT2D eigenvalue weighted by Crippen LogP contribution is -2.43. The number of hydrogen-bond donors (Lipinski definition) is 3. The van der Waals surface area contributed by atoms with Crippen molar-refractivity contribution in [2.24, 2.45) is 11.7 Å². The number of nitro groups is 1. The zero-order chi connectivity index (χ0) is 15.8. The van der Waals surface area contributed by atoms with Crippen LogP contribution in [0.15, 0.2) is 24.3 Å². The van der Waals surface area contributed by atoms with Crippen LogP contribution in [-0.2, 0) is 4.79 Å². The lowest BCUT2D eigenvalue weighted by atomic mass is 10.0. The number of carbonyl (C=O) groups excluding carboxylic acids is 1. The van der Waals surface area contributed by atoms with Crippen LogP contribution in [-0.4, -0.2) is 30.0 Å². The van der Waals surface area contributed by atoms with Crippen molar-refractivity contribution in [2.75, 3.05) is 18.4 Å². The van der Waals surface area contributed by atoms with Gasteiger partial charge in [-0.1, -0.05) is 26.0 Å². The molecule has 7 nitrogen and oxygen atoms in total. The second kappa shape index (κ2) is 8.21. The number of para-hydroxylation sites is 2. The molecule has 0 aliphatic carbocycles.